The predicted molar refractivity (Wildman–Crippen MR) is 47.8 cm³/mol. The summed E-state index contributed by atoms with van der Waals surface area (Å²) < 4.78 is 1.62. The van der Waals surface area contributed by atoms with Gasteiger partial charge in [0.2, 0.25) is 0 Å². The summed E-state index contributed by atoms with van der Waals surface area (Å²) in [5.41, 5.74) is 3.00. The maximum Gasteiger partial charge on any atom is 0.170 e. The molecule has 2 rings (SSSR count). The molecule has 0 saturated heterocycles. The third-order valence-corrected chi connectivity index (χ3v) is 2.06. The number of hydrogen-bond donors (Lipinski definition) is 0. The van der Waals surface area contributed by atoms with Crippen molar-refractivity contribution in [1.29, 1.82) is 0 Å². The van der Waals surface area contributed by atoms with E-state index in [2.05, 4.69) is 10.1 Å². The van der Waals surface area contributed by atoms with E-state index in [0.29, 0.717) is 11.4 Å². The number of aldehydes is 1. The Bertz CT molecular complexity index is 473. The minimum absolute atomic E-state index is 0.519. The van der Waals surface area contributed by atoms with Crippen LogP contribution in [0.2, 0.25) is 0 Å². The van der Waals surface area contributed by atoms with Crippen LogP contribution in [0.1, 0.15) is 21.9 Å². The molecule has 0 bridgehead atoms. The first-order chi connectivity index (χ1) is 6.24. The molecule has 0 fully saturated rings. The standard InChI is InChI=1S/C9H9N3O/c1-6-8-3-4-10-12(8)9(5-13)7(2)11-6/h3-5H,1-2H3. The van der Waals surface area contributed by atoms with E-state index in [4.69, 9.17) is 0 Å². The molecule has 4 heteroatoms. The van der Waals surface area contributed by atoms with Crippen LogP contribution in [0.3, 0.4) is 0 Å². The van der Waals surface area contributed by atoms with E-state index in [9.17, 15) is 4.79 Å². The van der Waals surface area contributed by atoms with Crippen LogP contribution in [0.25, 0.3) is 5.52 Å². The number of aryl methyl sites for hydroxylation is 2. The van der Waals surface area contributed by atoms with Gasteiger partial charge in [-0.3, -0.25) is 9.78 Å². The molecule has 2 heterocycles. The largest absolute Gasteiger partial charge is 0.296 e. The first-order valence-electron chi connectivity index (χ1n) is 4.00. The molecule has 66 valence electrons. The molecule has 0 unspecified atom stereocenters. The highest BCUT2D eigenvalue weighted by molar-refractivity contribution is 5.75. The first kappa shape index (κ1) is 7.91. The monoisotopic (exact) mass is 175 g/mol. The van der Waals surface area contributed by atoms with Gasteiger partial charge >= 0.3 is 0 Å². The lowest BCUT2D eigenvalue weighted by Crippen LogP contribution is -2.04. The molecule has 0 aromatic carbocycles. The smallest absolute Gasteiger partial charge is 0.170 e. The summed E-state index contributed by atoms with van der Waals surface area (Å²) in [6.07, 6.45) is 2.44. The molecule has 13 heavy (non-hydrogen) atoms. The Hall–Kier alpha value is -1.71. The Kier molecular flexibility index (Phi) is 1.62. The normalized spacial score (nSPS) is 10.6. The van der Waals surface area contributed by atoms with Crippen LogP contribution in [0.4, 0.5) is 0 Å². The topological polar surface area (TPSA) is 47.3 Å². The van der Waals surface area contributed by atoms with Crippen LogP contribution >= 0.6 is 0 Å². The molecule has 0 saturated carbocycles. The molecule has 2 aromatic rings. The van der Waals surface area contributed by atoms with Crippen molar-refractivity contribution < 1.29 is 4.79 Å². The Morgan fingerprint density at radius 3 is 2.85 bits per heavy atom. The number of carbonyl (C=O) groups is 1. The van der Waals surface area contributed by atoms with Crippen LogP contribution in [-0.2, 0) is 0 Å². The van der Waals surface area contributed by atoms with Crippen LogP contribution in [-0.4, -0.2) is 20.9 Å². The van der Waals surface area contributed by atoms with Gasteiger partial charge in [-0.15, -0.1) is 0 Å². The zero-order valence-corrected chi connectivity index (χ0v) is 7.48. The molecule has 0 atom stereocenters. The Morgan fingerprint density at radius 2 is 2.15 bits per heavy atom. The third-order valence-electron chi connectivity index (χ3n) is 2.06. The lowest BCUT2D eigenvalue weighted by atomic mass is 10.3. The van der Waals surface area contributed by atoms with E-state index < -0.39 is 0 Å². The maximum atomic E-state index is 10.7. The van der Waals surface area contributed by atoms with Gasteiger partial charge in [0.05, 0.1) is 23.1 Å². The maximum absolute atomic E-state index is 10.7. The third kappa shape index (κ3) is 1.02. The number of carbonyl (C=O) groups excluding carboxylic acids is 1. The van der Waals surface area contributed by atoms with Crippen molar-refractivity contribution >= 4 is 11.8 Å². The summed E-state index contributed by atoms with van der Waals surface area (Å²) in [7, 11) is 0. The van der Waals surface area contributed by atoms with E-state index in [1.807, 2.05) is 13.0 Å². The summed E-state index contributed by atoms with van der Waals surface area (Å²) in [5, 5.41) is 4.06. The van der Waals surface area contributed by atoms with Gasteiger partial charge in [-0.05, 0) is 19.9 Å². The SMILES string of the molecule is Cc1nc(C)c2ccnn2c1C=O. The van der Waals surface area contributed by atoms with Gasteiger partial charge in [0.1, 0.15) is 5.69 Å². The summed E-state index contributed by atoms with van der Waals surface area (Å²) in [5.74, 6) is 0. The fraction of sp³-hybridized carbons (Fsp3) is 0.222. The van der Waals surface area contributed by atoms with Crippen molar-refractivity contribution in [2.24, 2.45) is 0 Å². The fourth-order valence-corrected chi connectivity index (χ4v) is 1.42. The van der Waals surface area contributed by atoms with Gasteiger partial charge in [0.15, 0.2) is 6.29 Å². The summed E-state index contributed by atoms with van der Waals surface area (Å²) in [4.78, 5) is 15.0. The summed E-state index contributed by atoms with van der Waals surface area (Å²) in [6, 6.07) is 1.84. The molecular weight excluding hydrogens is 166 g/mol. The Balaban J connectivity index is 2.96. The molecule has 0 N–H and O–H groups in total. The number of fused-ring (bicyclic) bond motifs is 1. The zero-order valence-electron chi connectivity index (χ0n) is 7.48. The van der Waals surface area contributed by atoms with Gasteiger partial charge in [-0.1, -0.05) is 0 Å². The number of hydrogen-bond acceptors (Lipinski definition) is 3. The van der Waals surface area contributed by atoms with Gasteiger partial charge in [-0.25, -0.2) is 4.52 Å². The quantitative estimate of drug-likeness (QED) is 0.611. The van der Waals surface area contributed by atoms with Crippen molar-refractivity contribution in [1.82, 2.24) is 14.6 Å². The van der Waals surface area contributed by atoms with Gasteiger partial charge in [0.25, 0.3) is 0 Å². The number of rotatable bonds is 1. The molecule has 2 aromatic heterocycles. The summed E-state index contributed by atoms with van der Waals surface area (Å²) >= 11 is 0. The van der Waals surface area contributed by atoms with E-state index in [1.165, 1.54) is 0 Å². The summed E-state index contributed by atoms with van der Waals surface area (Å²) in [6.45, 7) is 3.70. The van der Waals surface area contributed by atoms with Crippen LogP contribution in [0.5, 0.6) is 0 Å². The first-order valence-corrected chi connectivity index (χ1v) is 4.00. The van der Waals surface area contributed by atoms with Gasteiger partial charge in [-0.2, -0.15) is 5.10 Å². The lowest BCUT2D eigenvalue weighted by molar-refractivity contribution is 0.111. The molecular formula is C9H9N3O. The van der Waals surface area contributed by atoms with Gasteiger partial charge in [0, 0.05) is 0 Å². The van der Waals surface area contributed by atoms with Crippen LogP contribution in [0.15, 0.2) is 12.3 Å². The van der Waals surface area contributed by atoms with E-state index in [-0.39, 0.29) is 0 Å². The molecule has 0 amide bonds. The second-order valence-corrected chi connectivity index (χ2v) is 2.91. The van der Waals surface area contributed by atoms with Crippen molar-refractivity contribution in [3.8, 4) is 0 Å². The average molecular weight is 175 g/mol. The van der Waals surface area contributed by atoms with Crippen molar-refractivity contribution in [2.45, 2.75) is 13.8 Å². The average Bonchev–Trinajstić information content (AvgIpc) is 2.53. The van der Waals surface area contributed by atoms with Crippen LogP contribution in [0, 0.1) is 13.8 Å². The van der Waals surface area contributed by atoms with Crippen LogP contribution < -0.4 is 0 Å². The highest BCUT2D eigenvalue weighted by Crippen LogP contribution is 2.11. The number of aromatic nitrogens is 3. The van der Waals surface area contributed by atoms with E-state index in [1.54, 1.807) is 17.6 Å². The zero-order chi connectivity index (χ0) is 9.42. The Labute approximate surface area is 75.2 Å². The lowest BCUT2D eigenvalue weighted by Gasteiger charge is -2.03. The molecule has 0 aliphatic rings. The predicted octanol–water partition coefficient (Wildman–Crippen LogP) is 1.16. The number of nitrogens with zero attached hydrogens (tertiary/aromatic N) is 3. The van der Waals surface area contributed by atoms with Crippen molar-refractivity contribution in [3.63, 3.8) is 0 Å². The van der Waals surface area contributed by atoms with Gasteiger partial charge < -0.3 is 0 Å². The minimum atomic E-state index is 0.519. The van der Waals surface area contributed by atoms with E-state index in [0.717, 1.165) is 17.5 Å². The Morgan fingerprint density at radius 1 is 1.38 bits per heavy atom. The molecule has 0 spiro atoms. The highest BCUT2D eigenvalue weighted by atomic mass is 16.1. The molecule has 4 nitrogen and oxygen atoms in total. The second-order valence-electron chi connectivity index (χ2n) is 2.91. The van der Waals surface area contributed by atoms with E-state index >= 15 is 0 Å². The fourth-order valence-electron chi connectivity index (χ4n) is 1.42. The molecule has 0 aliphatic heterocycles. The minimum Gasteiger partial charge on any atom is -0.296 e. The molecule has 0 aliphatic carbocycles. The highest BCUT2D eigenvalue weighted by Gasteiger charge is 2.07. The molecule has 0 radical (unpaired) electrons. The second kappa shape index (κ2) is 2.65. The van der Waals surface area contributed by atoms with Crippen molar-refractivity contribution in [3.05, 3.63) is 29.3 Å². The van der Waals surface area contributed by atoms with Crippen molar-refractivity contribution in [2.75, 3.05) is 0 Å².